The summed E-state index contributed by atoms with van der Waals surface area (Å²) in [5.74, 6) is 1.25. The molecule has 0 bridgehead atoms. The van der Waals surface area contributed by atoms with Crippen molar-refractivity contribution in [3.05, 3.63) is 42.2 Å². The van der Waals surface area contributed by atoms with Crippen LogP contribution in [0.2, 0.25) is 0 Å². The van der Waals surface area contributed by atoms with Gasteiger partial charge in [0, 0.05) is 38.3 Å². The number of piperazine rings is 1. The minimum absolute atomic E-state index is 0.0258. The number of rotatable bonds is 4. The van der Waals surface area contributed by atoms with E-state index in [9.17, 15) is 18.0 Å². The molecule has 1 N–H and O–H groups in total. The van der Waals surface area contributed by atoms with Gasteiger partial charge in [-0.15, -0.1) is 0 Å². The van der Waals surface area contributed by atoms with Gasteiger partial charge in [-0.1, -0.05) is 0 Å². The van der Waals surface area contributed by atoms with E-state index in [4.69, 9.17) is 0 Å². The summed E-state index contributed by atoms with van der Waals surface area (Å²) in [6, 6.07) is 6.19. The van der Waals surface area contributed by atoms with E-state index in [1.165, 1.54) is 6.07 Å². The molecule has 1 aliphatic heterocycles. The number of nitrogens with one attached hydrogen (secondary N) is 1. The zero-order chi connectivity index (χ0) is 19.7. The van der Waals surface area contributed by atoms with Gasteiger partial charge in [0.2, 0.25) is 5.91 Å². The van der Waals surface area contributed by atoms with Gasteiger partial charge in [0.25, 0.3) is 0 Å². The molecule has 2 aromatic rings. The van der Waals surface area contributed by atoms with Gasteiger partial charge in [0.15, 0.2) is 0 Å². The molecule has 1 aliphatic carbocycles. The van der Waals surface area contributed by atoms with Crippen molar-refractivity contribution in [1.29, 1.82) is 0 Å². The number of nitrogens with zero attached hydrogens (tertiary/aromatic N) is 4. The summed E-state index contributed by atoms with van der Waals surface area (Å²) in [4.78, 5) is 24.2. The molecule has 0 radical (unpaired) electrons. The molecule has 28 heavy (non-hydrogen) atoms. The van der Waals surface area contributed by atoms with E-state index in [2.05, 4.69) is 20.2 Å². The summed E-state index contributed by atoms with van der Waals surface area (Å²) in [7, 11) is 0. The number of alkyl halides is 3. The zero-order valence-corrected chi connectivity index (χ0v) is 15.1. The number of hydrogen-bond donors (Lipinski definition) is 1. The van der Waals surface area contributed by atoms with Gasteiger partial charge in [-0.2, -0.15) is 13.2 Å². The standard InChI is InChI=1S/C19H20F3N5O/c20-19(21,22)14-3-6-17(24-11-14)27-9-7-26(8-10-27)15-4-5-16(23-12-15)25-18(28)13-1-2-13/h3-6,11-13H,1-2,7-10H2,(H,23,25,28). The average Bonchev–Trinajstić information content (AvgIpc) is 3.54. The Morgan fingerprint density at radius 3 is 2.21 bits per heavy atom. The fourth-order valence-electron chi connectivity index (χ4n) is 3.16. The normalized spacial score (nSPS) is 17.5. The van der Waals surface area contributed by atoms with Crippen molar-refractivity contribution >= 4 is 23.2 Å². The monoisotopic (exact) mass is 391 g/mol. The van der Waals surface area contributed by atoms with E-state index in [0.29, 0.717) is 37.8 Å². The summed E-state index contributed by atoms with van der Waals surface area (Å²) >= 11 is 0. The molecule has 1 saturated heterocycles. The Morgan fingerprint density at radius 1 is 0.964 bits per heavy atom. The average molecular weight is 391 g/mol. The molecule has 0 spiro atoms. The number of carbonyl (C=O) groups is 1. The van der Waals surface area contributed by atoms with Gasteiger partial charge in [0.05, 0.1) is 17.4 Å². The molecule has 1 saturated carbocycles. The first-order valence-electron chi connectivity index (χ1n) is 9.20. The van der Waals surface area contributed by atoms with Crippen LogP contribution in [-0.2, 0) is 11.0 Å². The molecular formula is C19H20F3N5O. The van der Waals surface area contributed by atoms with E-state index >= 15 is 0 Å². The second kappa shape index (κ2) is 7.29. The van der Waals surface area contributed by atoms with Crippen molar-refractivity contribution in [2.24, 2.45) is 5.92 Å². The van der Waals surface area contributed by atoms with Crippen LogP contribution in [0.25, 0.3) is 0 Å². The summed E-state index contributed by atoms with van der Waals surface area (Å²) in [5, 5.41) is 2.81. The number of carbonyl (C=O) groups excluding carboxylic acids is 1. The molecule has 2 aromatic heterocycles. The van der Waals surface area contributed by atoms with Crippen molar-refractivity contribution in [2.75, 3.05) is 41.3 Å². The minimum atomic E-state index is -4.37. The molecule has 4 rings (SSSR count). The van der Waals surface area contributed by atoms with Gasteiger partial charge in [-0.25, -0.2) is 9.97 Å². The fraction of sp³-hybridized carbons (Fsp3) is 0.421. The molecule has 9 heteroatoms. The van der Waals surface area contributed by atoms with E-state index in [1.807, 2.05) is 11.0 Å². The number of aromatic nitrogens is 2. The molecule has 3 heterocycles. The maximum absolute atomic E-state index is 12.7. The third-order valence-corrected chi connectivity index (χ3v) is 4.99. The van der Waals surface area contributed by atoms with Crippen molar-refractivity contribution in [1.82, 2.24) is 9.97 Å². The van der Waals surface area contributed by atoms with Crippen LogP contribution in [-0.4, -0.2) is 42.1 Å². The Labute approximate surface area is 160 Å². The molecule has 0 atom stereocenters. The third-order valence-electron chi connectivity index (χ3n) is 4.99. The summed E-state index contributed by atoms with van der Waals surface area (Å²) in [5.41, 5.74) is 0.208. The lowest BCUT2D eigenvalue weighted by atomic mass is 10.2. The molecule has 0 unspecified atom stereocenters. The number of anilines is 3. The lowest BCUT2D eigenvalue weighted by Crippen LogP contribution is -2.46. The van der Waals surface area contributed by atoms with E-state index in [-0.39, 0.29) is 11.8 Å². The topological polar surface area (TPSA) is 61.4 Å². The Balaban J connectivity index is 1.33. The van der Waals surface area contributed by atoms with Gasteiger partial charge < -0.3 is 15.1 Å². The largest absolute Gasteiger partial charge is 0.417 e. The van der Waals surface area contributed by atoms with Crippen LogP contribution in [0.5, 0.6) is 0 Å². The second-order valence-electron chi connectivity index (χ2n) is 7.04. The summed E-state index contributed by atoms with van der Waals surface area (Å²) in [6.07, 6.45) is 0.125. The van der Waals surface area contributed by atoms with Gasteiger partial charge in [-0.3, -0.25) is 4.79 Å². The highest BCUT2D eigenvalue weighted by Crippen LogP contribution is 2.31. The van der Waals surface area contributed by atoms with Crippen molar-refractivity contribution < 1.29 is 18.0 Å². The molecular weight excluding hydrogens is 371 g/mol. The number of halogens is 3. The lowest BCUT2D eigenvalue weighted by Gasteiger charge is -2.36. The maximum Gasteiger partial charge on any atom is 0.417 e. The summed E-state index contributed by atoms with van der Waals surface area (Å²) in [6.45, 7) is 2.72. The summed E-state index contributed by atoms with van der Waals surface area (Å²) < 4.78 is 38.0. The molecule has 1 amide bonds. The first-order chi connectivity index (χ1) is 13.4. The maximum atomic E-state index is 12.7. The van der Waals surface area contributed by atoms with E-state index < -0.39 is 11.7 Å². The minimum Gasteiger partial charge on any atom is -0.367 e. The highest BCUT2D eigenvalue weighted by molar-refractivity contribution is 5.93. The zero-order valence-electron chi connectivity index (χ0n) is 15.1. The molecule has 6 nitrogen and oxygen atoms in total. The van der Waals surface area contributed by atoms with Crippen LogP contribution < -0.4 is 15.1 Å². The van der Waals surface area contributed by atoms with E-state index in [0.717, 1.165) is 30.8 Å². The van der Waals surface area contributed by atoms with Gasteiger partial charge >= 0.3 is 6.18 Å². The smallest absolute Gasteiger partial charge is 0.367 e. The highest BCUT2D eigenvalue weighted by Gasteiger charge is 2.31. The first-order valence-corrected chi connectivity index (χ1v) is 9.20. The quantitative estimate of drug-likeness (QED) is 0.868. The van der Waals surface area contributed by atoms with Crippen molar-refractivity contribution in [3.8, 4) is 0 Å². The van der Waals surface area contributed by atoms with Crippen LogP contribution in [0.3, 0.4) is 0 Å². The SMILES string of the molecule is O=C(Nc1ccc(N2CCN(c3ccc(C(F)(F)F)cn3)CC2)cn1)C1CC1. The number of pyridine rings is 2. The van der Waals surface area contributed by atoms with Gasteiger partial charge in [-0.05, 0) is 37.1 Å². The molecule has 2 aliphatic rings. The van der Waals surface area contributed by atoms with Crippen LogP contribution in [0.4, 0.5) is 30.5 Å². The van der Waals surface area contributed by atoms with Crippen LogP contribution in [0.15, 0.2) is 36.7 Å². The Kier molecular flexibility index (Phi) is 4.82. The third kappa shape index (κ3) is 4.18. The van der Waals surface area contributed by atoms with Gasteiger partial charge in [0.1, 0.15) is 11.6 Å². The molecule has 2 fully saturated rings. The van der Waals surface area contributed by atoms with E-state index in [1.54, 1.807) is 12.3 Å². The van der Waals surface area contributed by atoms with Crippen molar-refractivity contribution in [2.45, 2.75) is 19.0 Å². The highest BCUT2D eigenvalue weighted by atomic mass is 19.4. The predicted molar refractivity (Wildman–Crippen MR) is 99.3 cm³/mol. The number of hydrogen-bond acceptors (Lipinski definition) is 5. The first kappa shape index (κ1) is 18.5. The molecule has 0 aromatic carbocycles. The fourth-order valence-corrected chi connectivity index (χ4v) is 3.16. The Hall–Kier alpha value is -2.84. The number of amides is 1. The molecule has 148 valence electrons. The second-order valence-corrected chi connectivity index (χ2v) is 7.04. The van der Waals surface area contributed by atoms with Crippen LogP contribution >= 0.6 is 0 Å². The Bertz CT molecular complexity index is 826. The lowest BCUT2D eigenvalue weighted by molar-refractivity contribution is -0.137. The van der Waals surface area contributed by atoms with Crippen molar-refractivity contribution in [3.63, 3.8) is 0 Å². The van der Waals surface area contributed by atoms with Crippen LogP contribution in [0.1, 0.15) is 18.4 Å². The Morgan fingerprint density at radius 2 is 1.68 bits per heavy atom. The van der Waals surface area contributed by atoms with Crippen LogP contribution in [0, 0.1) is 5.92 Å². The predicted octanol–water partition coefficient (Wildman–Crippen LogP) is 3.17.